The van der Waals surface area contributed by atoms with Gasteiger partial charge in [0.2, 0.25) is 5.91 Å². The number of methoxy groups -OCH3 is 1. The van der Waals surface area contributed by atoms with Crippen LogP contribution in [-0.4, -0.2) is 19.1 Å². The van der Waals surface area contributed by atoms with Crippen LogP contribution in [0.25, 0.3) is 0 Å². The van der Waals surface area contributed by atoms with E-state index in [2.05, 4.69) is 12.2 Å². The minimum Gasteiger partial charge on any atom is -0.495 e. The van der Waals surface area contributed by atoms with E-state index in [0.29, 0.717) is 22.9 Å². The Hall–Kier alpha value is -1.26. The highest BCUT2D eigenvalue weighted by Gasteiger charge is 2.15. The molecule has 0 bridgehead atoms. The van der Waals surface area contributed by atoms with Crippen molar-refractivity contribution in [1.82, 2.24) is 0 Å². The predicted molar refractivity (Wildman–Crippen MR) is 74.1 cm³/mol. The molecule has 0 aromatic heterocycles. The van der Waals surface area contributed by atoms with Gasteiger partial charge in [0.25, 0.3) is 0 Å². The molecule has 18 heavy (non-hydrogen) atoms. The number of amides is 1. The third kappa shape index (κ3) is 4.20. The van der Waals surface area contributed by atoms with E-state index in [1.807, 2.05) is 0 Å². The largest absolute Gasteiger partial charge is 0.495 e. The van der Waals surface area contributed by atoms with E-state index in [9.17, 15) is 4.79 Å². The van der Waals surface area contributed by atoms with Gasteiger partial charge in [-0.05, 0) is 24.6 Å². The van der Waals surface area contributed by atoms with E-state index in [-0.39, 0.29) is 5.91 Å². The molecule has 0 saturated heterocycles. The maximum Gasteiger partial charge on any atom is 0.241 e. The van der Waals surface area contributed by atoms with Gasteiger partial charge in [-0.1, -0.05) is 31.4 Å². The fraction of sp³-hybridized carbons (Fsp3) is 0.462. The standard InChI is InChI=1S/C13H19ClN2O2/c1-3-4-5-10(15)13(17)16-11-8-9(14)6-7-12(11)18-2/h6-8,10H,3-5,15H2,1-2H3,(H,16,17)/t10-/m0/s1. The molecule has 100 valence electrons. The van der Waals surface area contributed by atoms with Crippen molar-refractivity contribution in [1.29, 1.82) is 0 Å². The molecule has 0 saturated carbocycles. The van der Waals surface area contributed by atoms with Crippen LogP contribution in [0.4, 0.5) is 5.69 Å². The first-order valence-electron chi connectivity index (χ1n) is 5.98. The average Bonchev–Trinajstić information content (AvgIpc) is 2.36. The lowest BCUT2D eigenvalue weighted by Crippen LogP contribution is -2.35. The summed E-state index contributed by atoms with van der Waals surface area (Å²) in [5.41, 5.74) is 6.34. The van der Waals surface area contributed by atoms with Gasteiger partial charge in [-0.15, -0.1) is 0 Å². The van der Waals surface area contributed by atoms with Gasteiger partial charge in [-0.2, -0.15) is 0 Å². The number of unbranched alkanes of at least 4 members (excludes halogenated alkanes) is 1. The number of carbonyl (C=O) groups is 1. The van der Waals surface area contributed by atoms with Crippen LogP contribution in [0.3, 0.4) is 0 Å². The summed E-state index contributed by atoms with van der Waals surface area (Å²) < 4.78 is 5.15. The van der Waals surface area contributed by atoms with Crippen LogP contribution >= 0.6 is 11.6 Å². The van der Waals surface area contributed by atoms with Crippen LogP contribution < -0.4 is 15.8 Å². The van der Waals surface area contributed by atoms with E-state index < -0.39 is 6.04 Å². The maximum atomic E-state index is 11.9. The fourth-order valence-corrected chi connectivity index (χ4v) is 1.73. The van der Waals surface area contributed by atoms with Crippen LogP contribution in [0, 0.1) is 0 Å². The van der Waals surface area contributed by atoms with Gasteiger partial charge in [0.15, 0.2) is 0 Å². The van der Waals surface area contributed by atoms with Crippen molar-refractivity contribution in [2.45, 2.75) is 32.2 Å². The van der Waals surface area contributed by atoms with Gasteiger partial charge in [-0.3, -0.25) is 4.79 Å². The molecular weight excluding hydrogens is 252 g/mol. The number of ether oxygens (including phenoxy) is 1. The highest BCUT2D eigenvalue weighted by Crippen LogP contribution is 2.27. The Morgan fingerprint density at radius 1 is 1.56 bits per heavy atom. The monoisotopic (exact) mass is 270 g/mol. The first-order valence-corrected chi connectivity index (χ1v) is 6.36. The Morgan fingerprint density at radius 3 is 2.89 bits per heavy atom. The second-order valence-corrected chi connectivity index (χ2v) is 4.52. The molecule has 1 aromatic carbocycles. The molecule has 5 heteroatoms. The molecule has 0 unspecified atom stereocenters. The minimum atomic E-state index is -0.506. The predicted octanol–water partition coefficient (Wildman–Crippen LogP) is 2.80. The number of nitrogens with two attached hydrogens (primary N) is 1. The summed E-state index contributed by atoms with van der Waals surface area (Å²) in [7, 11) is 1.54. The Kier molecular flexibility index (Phi) is 5.95. The number of halogens is 1. The Labute approximate surface area is 112 Å². The number of hydrogen-bond donors (Lipinski definition) is 2. The number of carbonyl (C=O) groups excluding carboxylic acids is 1. The van der Waals surface area contributed by atoms with Gasteiger partial charge >= 0.3 is 0 Å². The third-order valence-electron chi connectivity index (χ3n) is 2.62. The summed E-state index contributed by atoms with van der Waals surface area (Å²) in [6.07, 6.45) is 2.62. The highest BCUT2D eigenvalue weighted by molar-refractivity contribution is 6.31. The van der Waals surface area contributed by atoms with E-state index in [4.69, 9.17) is 22.1 Å². The zero-order valence-electron chi connectivity index (χ0n) is 10.7. The van der Waals surface area contributed by atoms with Gasteiger partial charge in [-0.25, -0.2) is 0 Å². The molecule has 0 aliphatic heterocycles. The summed E-state index contributed by atoms with van der Waals surface area (Å²) in [6.45, 7) is 2.06. The van der Waals surface area contributed by atoms with E-state index >= 15 is 0 Å². The van der Waals surface area contributed by atoms with E-state index in [1.54, 1.807) is 18.2 Å². The molecule has 1 atom stereocenters. The fourth-order valence-electron chi connectivity index (χ4n) is 1.56. The van der Waals surface area contributed by atoms with Gasteiger partial charge in [0, 0.05) is 5.02 Å². The molecule has 0 aliphatic carbocycles. The summed E-state index contributed by atoms with van der Waals surface area (Å²) >= 11 is 5.88. The van der Waals surface area contributed by atoms with Crippen molar-refractivity contribution in [2.24, 2.45) is 5.73 Å². The Morgan fingerprint density at radius 2 is 2.28 bits per heavy atom. The zero-order chi connectivity index (χ0) is 13.5. The first kappa shape index (κ1) is 14.8. The zero-order valence-corrected chi connectivity index (χ0v) is 11.5. The second-order valence-electron chi connectivity index (χ2n) is 4.08. The van der Waals surface area contributed by atoms with Crippen LogP contribution in [0.2, 0.25) is 5.02 Å². The minimum absolute atomic E-state index is 0.219. The topological polar surface area (TPSA) is 64.4 Å². The molecule has 0 heterocycles. The van der Waals surface area contributed by atoms with Crippen molar-refractivity contribution in [3.63, 3.8) is 0 Å². The van der Waals surface area contributed by atoms with Crippen LogP contribution in [0.5, 0.6) is 5.75 Å². The molecule has 0 radical (unpaired) electrons. The molecule has 1 aromatic rings. The van der Waals surface area contributed by atoms with Crippen molar-refractivity contribution in [3.05, 3.63) is 23.2 Å². The average molecular weight is 271 g/mol. The molecule has 0 aliphatic rings. The SMILES string of the molecule is CCCC[C@H](N)C(=O)Nc1cc(Cl)ccc1OC. The molecule has 0 fully saturated rings. The van der Waals surface area contributed by atoms with E-state index in [1.165, 1.54) is 7.11 Å². The summed E-state index contributed by atoms with van der Waals surface area (Å²) in [5, 5.41) is 3.27. The number of hydrogen-bond acceptors (Lipinski definition) is 3. The number of benzene rings is 1. The van der Waals surface area contributed by atoms with Crippen molar-refractivity contribution >= 4 is 23.2 Å². The Balaban J connectivity index is 2.71. The third-order valence-corrected chi connectivity index (χ3v) is 2.86. The smallest absolute Gasteiger partial charge is 0.241 e. The van der Waals surface area contributed by atoms with Crippen LogP contribution in [-0.2, 0) is 4.79 Å². The second kappa shape index (κ2) is 7.24. The number of anilines is 1. The summed E-state index contributed by atoms with van der Waals surface area (Å²) in [6, 6.07) is 4.54. The summed E-state index contributed by atoms with van der Waals surface area (Å²) in [4.78, 5) is 11.9. The number of rotatable bonds is 6. The molecule has 1 amide bonds. The highest BCUT2D eigenvalue weighted by atomic mass is 35.5. The molecule has 0 spiro atoms. The van der Waals surface area contributed by atoms with Gasteiger partial charge in [0.1, 0.15) is 5.75 Å². The van der Waals surface area contributed by atoms with Crippen molar-refractivity contribution in [3.8, 4) is 5.75 Å². The lowest BCUT2D eigenvalue weighted by Gasteiger charge is -2.14. The van der Waals surface area contributed by atoms with Crippen molar-refractivity contribution in [2.75, 3.05) is 12.4 Å². The Bertz CT molecular complexity index is 410. The van der Waals surface area contributed by atoms with Crippen LogP contribution in [0.1, 0.15) is 26.2 Å². The first-order chi connectivity index (χ1) is 8.58. The normalized spacial score (nSPS) is 12.0. The molecular formula is C13H19ClN2O2. The van der Waals surface area contributed by atoms with Crippen molar-refractivity contribution < 1.29 is 9.53 Å². The quantitative estimate of drug-likeness (QED) is 0.835. The molecule has 1 rings (SSSR count). The van der Waals surface area contributed by atoms with Gasteiger partial charge in [0.05, 0.1) is 18.8 Å². The molecule has 4 nitrogen and oxygen atoms in total. The van der Waals surface area contributed by atoms with Crippen LogP contribution in [0.15, 0.2) is 18.2 Å². The molecule has 3 N–H and O–H groups in total. The lowest BCUT2D eigenvalue weighted by atomic mass is 10.1. The summed E-state index contributed by atoms with van der Waals surface area (Å²) in [5.74, 6) is 0.347. The van der Waals surface area contributed by atoms with Gasteiger partial charge < -0.3 is 15.8 Å². The lowest BCUT2D eigenvalue weighted by molar-refractivity contribution is -0.117. The van der Waals surface area contributed by atoms with E-state index in [0.717, 1.165) is 12.8 Å². The number of nitrogens with one attached hydrogen (secondary N) is 1. The maximum absolute atomic E-state index is 11.9.